The van der Waals surface area contributed by atoms with Gasteiger partial charge in [0.1, 0.15) is 0 Å². The zero-order chi connectivity index (χ0) is 14.9. The standard InChI is InChI=1S/C18H30N2O/c1-3-11-19-12-10-16-6-4-5-7-17(16)15-21-14-13-20(2)18-8-9-18/h4-7,18-19H,3,8-15H2,1-2H3. The fourth-order valence-electron chi connectivity index (χ4n) is 2.56. The van der Waals surface area contributed by atoms with Crippen LogP contribution in [-0.2, 0) is 17.8 Å². The Hall–Kier alpha value is -0.900. The fourth-order valence-corrected chi connectivity index (χ4v) is 2.56. The second-order valence-electron chi connectivity index (χ2n) is 6.03. The lowest BCUT2D eigenvalue weighted by molar-refractivity contribution is 0.0974. The van der Waals surface area contributed by atoms with Crippen molar-refractivity contribution in [2.75, 3.05) is 33.3 Å². The Morgan fingerprint density at radius 1 is 1.19 bits per heavy atom. The van der Waals surface area contributed by atoms with Gasteiger partial charge in [0.25, 0.3) is 0 Å². The van der Waals surface area contributed by atoms with Crippen molar-refractivity contribution in [2.45, 2.75) is 45.3 Å². The van der Waals surface area contributed by atoms with Crippen molar-refractivity contribution in [2.24, 2.45) is 0 Å². The van der Waals surface area contributed by atoms with Gasteiger partial charge in [-0.25, -0.2) is 0 Å². The Labute approximate surface area is 129 Å². The molecule has 0 aliphatic heterocycles. The van der Waals surface area contributed by atoms with E-state index in [1.807, 2.05) is 0 Å². The molecule has 1 N–H and O–H groups in total. The number of likely N-dealkylation sites (N-methyl/N-ethyl adjacent to an activating group) is 1. The lowest BCUT2D eigenvalue weighted by Crippen LogP contribution is -2.25. The highest BCUT2D eigenvalue weighted by molar-refractivity contribution is 5.26. The van der Waals surface area contributed by atoms with E-state index in [9.17, 15) is 0 Å². The van der Waals surface area contributed by atoms with E-state index in [1.54, 1.807) is 0 Å². The minimum absolute atomic E-state index is 0.739. The number of ether oxygens (including phenoxy) is 1. The summed E-state index contributed by atoms with van der Waals surface area (Å²) >= 11 is 0. The molecule has 1 saturated carbocycles. The van der Waals surface area contributed by atoms with Gasteiger partial charge >= 0.3 is 0 Å². The van der Waals surface area contributed by atoms with Crippen molar-refractivity contribution in [3.63, 3.8) is 0 Å². The average Bonchev–Trinajstić information content (AvgIpc) is 3.34. The zero-order valence-corrected chi connectivity index (χ0v) is 13.6. The molecular weight excluding hydrogens is 260 g/mol. The molecule has 0 aromatic heterocycles. The number of benzene rings is 1. The molecule has 0 heterocycles. The van der Waals surface area contributed by atoms with E-state index in [1.165, 1.54) is 30.4 Å². The quantitative estimate of drug-likeness (QED) is 0.634. The van der Waals surface area contributed by atoms with Crippen LogP contribution in [-0.4, -0.2) is 44.2 Å². The van der Waals surface area contributed by atoms with Gasteiger partial charge in [0.15, 0.2) is 0 Å². The highest BCUT2D eigenvalue weighted by Gasteiger charge is 2.25. The minimum Gasteiger partial charge on any atom is -0.375 e. The zero-order valence-electron chi connectivity index (χ0n) is 13.6. The molecule has 0 spiro atoms. The predicted molar refractivity (Wildman–Crippen MR) is 88.6 cm³/mol. The van der Waals surface area contributed by atoms with Gasteiger partial charge in [-0.15, -0.1) is 0 Å². The SMILES string of the molecule is CCCNCCc1ccccc1COCCN(C)C1CC1. The van der Waals surface area contributed by atoms with E-state index in [2.05, 4.69) is 48.5 Å². The maximum absolute atomic E-state index is 5.87. The molecule has 0 bridgehead atoms. The van der Waals surface area contributed by atoms with Gasteiger partial charge in [0.05, 0.1) is 13.2 Å². The average molecular weight is 290 g/mol. The van der Waals surface area contributed by atoms with Crippen LogP contribution in [0, 0.1) is 0 Å². The molecule has 0 unspecified atom stereocenters. The van der Waals surface area contributed by atoms with Gasteiger partial charge in [-0.1, -0.05) is 31.2 Å². The number of nitrogens with zero attached hydrogens (tertiary/aromatic N) is 1. The van der Waals surface area contributed by atoms with Gasteiger partial charge in [0.2, 0.25) is 0 Å². The first-order valence-corrected chi connectivity index (χ1v) is 8.36. The lowest BCUT2D eigenvalue weighted by Gasteiger charge is -2.16. The monoisotopic (exact) mass is 290 g/mol. The summed E-state index contributed by atoms with van der Waals surface area (Å²) in [5, 5.41) is 3.46. The Morgan fingerprint density at radius 3 is 2.67 bits per heavy atom. The third kappa shape index (κ3) is 6.16. The number of nitrogens with one attached hydrogen (secondary N) is 1. The molecule has 0 radical (unpaired) electrons. The summed E-state index contributed by atoms with van der Waals surface area (Å²) in [5.74, 6) is 0. The van der Waals surface area contributed by atoms with Crippen LogP contribution in [0.3, 0.4) is 0 Å². The molecule has 0 saturated heterocycles. The highest BCUT2D eigenvalue weighted by Crippen LogP contribution is 2.24. The van der Waals surface area contributed by atoms with Crippen LogP contribution in [0.1, 0.15) is 37.3 Å². The van der Waals surface area contributed by atoms with Crippen LogP contribution < -0.4 is 5.32 Å². The molecule has 1 aromatic rings. The van der Waals surface area contributed by atoms with E-state index in [-0.39, 0.29) is 0 Å². The number of hydrogen-bond donors (Lipinski definition) is 1. The Morgan fingerprint density at radius 2 is 1.95 bits per heavy atom. The fraction of sp³-hybridized carbons (Fsp3) is 0.667. The summed E-state index contributed by atoms with van der Waals surface area (Å²) in [6, 6.07) is 9.48. The van der Waals surface area contributed by atoms with Crippen molar-refractivity contribution in [3.8, 4) is 0 Å². The third-order valence-corrected chi connectivity index (χ3v) is 4.13. The van der Waals surface area contributed by atoms with Gasteiger partial charge in [-0.05, 0) is 56.9 Å². The van der Waals surface area contributed by atoms with Gasteiger partial charge < -0.3 is 15.0 Å². The Bertz CT molecular complexity index is 404. The van der Waals surface area contributed by atoms with Gasteiger partial charge in [0, 0.05) is 12.6 Å². The molecule has 1 aliphatic rings. The maximum atomic E-state index is 5.87. The highest BCUT2D eigenvalue weighted by atomic mass is 16.5. The van der Waals surface area contributed by atoms with Crippen molar-refractivity contribution in [3.05, 3.63) is 35.4 Å². The van der Waals surface area contributed by atoms with E-state index in [0.717, 1.165) is 45.3 Å². The molecule has 1 aromatic carbocycles. The first kappa shape index (κ1) is 16.5. The summed E-state index contributed by atoms with van der Waals surface area (Å²) in [6.07, 6.45) is 5.01. The second kappa shape index (κ2) is 9.19. The van der Waals surface area contributed by atoms with Crippen LogP contribution in [0.15, 0.2) is 24.3 Å². The summed E-state index contributed by atoms with van der Waals surface area (Å²) in [5.41, 5.74) is 2.75. The minimum atomic E-state index is 0.739. The predicted octanol–water partition coefficient (Wildman–Crippen LogP) is 2.84. The third-order valence-electron chi connectivity index (χ3n) is 4.13. The smallest absolute Gasteiger partial charge is 0.0720 e. The van der Waals surface area contributed by atoms with E-state index in [4.69, 9.17) is 4.74 Å². The van der Waals surface area contributed by atoms with Crippen molar-refractivity contribution in [1.82, 2.24) is 10.2 Å². The normalized spacial score (nSPS) is 14.8. The number of rotatable bonds is 11. The van der Waals surface area contributed by atoms with Crippen molar-refractivity contribution < 1.29 is 4.74 Å². The maximum Gasteiger partial charge on any atom is 0.0720 e. The van der Waals surface area contributed by atoms with Gasteiger partial charge in [-0.3, -0.25) is 0 Å². The largest absolute Gasteiger partial charge is 0.375 e. The molecular formula is C18H30N2O. The van der Waals surface area contributed by atoms with Crippen molar-refractivity contribution in [1.29, 1.82) is 0 Å². The van der Waals surface area contributed by atoms with Crippen LogP contribution in [0.25, 0.3) is 0 Å². The van der Waals surface area contributed by atoms with Crippen molar-refractivity contribution >= 4 is 0 Å². The van der Waals surface area contributed by atoms with E-state index >= 15 is 0 Å². The van der Waals surface area contributed by atoms with E-state index in [0.29, 0.717) is 0 Å². The van der Waals surface area contributed by atoms with Crippen LogP contribution in [0.5, 0.6) is 0 Å². The summed E-state index contributed by atoms with van der Waals surface area (Å²) in [4.78, 5) is 2.42. The molecule has 0 amide bonds. The molecule has 2 rings (SSSR count). The Balaban J connectivity index is 1.68. The van der Waals surface area contributed by atoms with E-state index < -0.39 is 0 Å². The molecule has 0 atom stereocenters. The summed E-state index contributed by atoms with van der Waals surface area (Å²) in [7, 11) is 2.20. The molecule has 1 fully saturated rings. The Kier molecular flexibility index (Phi) is 7.20. The lowest BCUT2D eigenvalue weighted by atomic mass is 10.1. The molecule has 118 valence electrons. The summed E-state index contributed by atoms with van der Waals surface area (Å²) in [6.45, 7) is 6.97. The second-order valence-corrected chi connectivity index (χ2v) is 6.03. The molecule has 3 nitrogen and oxygen atoms in total. The summed E-state index contributed by atoms with van der Waals surface area (Å²) < 4.78 is 5.87. The molecule has 3 heteroatoms. The molecule has 1 aliphatic carbocycles. The topological polar surface area (TPSA) is 24.5 Å². The van der Waals surface area contributed by atoms with Crippen LogP contribution in [0.4, 0.5) is 0 Å². The molecule has 21 heavy (non-hydrogen) atoms. The van der Waals surface area contributed by atoms with Crippen LogP contribution >= 0.6 is 0 Å². The van der Waals surface area contributed by atoms with Gasteiger partial charge in [-0.2, -0.15) is 0 Å². The first-order valence-electron chi connectivity index (χ1n) is 8.36. The van der Waals surface area contributed by atoms with Crippen LogP contribution in [0.2, 0.25) is 0 Å². The number of hydrogen-bond acceptors (Lipinski definition) is 3. The first-order chi connectivity index (χ1) is 10.3.